The van der Waals surface area contributed by atoms with Crippen LogP contribution in [-0.4, -0.2) is 28.7 Å². The quantitative estimate of drug-likeness (QED) is 0.643. The van der Waals surface area contributed by atoms with Gasteiger partial charge in [0.2, 0.25) is 0 Å². The van der Waals surface area contributed by atoms with Crippen LogP contribution in [0.1, 0.15) is 32.8 Å². The van der Waals surface area contributed by atoms with Crippen LogP contribution in [0, 0.1) is 10.1 Å². The molecule has 2 atom stereocenters. The molecule has 0 aromatic carbocycles. The number of carbonyl (C=O) groups excluding carboxylic acids is 1. The van der Waals surface area contributed by atoms with Gasteiger partial charge in [0, 0.05) is 30.1 Å². The van der Waals surface area contributed by atoms with E-state index in [0.29, 0.717) is 6.54 Å². The maximum Gasteiger partial charge on any atom is 0.407 e. The van der Waals surface area contributed by atoms with Crippen LogP contribution in [0.2, 0.25) is 0 Å². The fraction of sp³-hybridized carbons (Fsp3) is 0.615. The van der Waals surface area contributed by atoms with E-state index in [2.05, 4.69) is 10.6 Å². The van der Waals surface area contributed by atoms with Gasteiger partial charge in [0.15, 0.2) is 0 Å². The first kappa shape index (κ1) is 15.7. The van der Waals surface area contributed by atoms with Gasteiger partial charge < -0.3 is 15.4 Å². The second-order valence-electron chi connectivity index (χ2n) is 6.03. The number of alkyl carbamates (subject to hydrolysis) is 1. The number of rotatable bonds is 5. The summed E-state index contributed by atoms with van der Waals surface area (Å²) < 4.78 is 5.18. The Hall–Kier alpha value is -1.67. The van der Waals surface area contributed by atoms with Crippen molar-refractivity contribution >= 4 is 22.4 Å². The predicted molar refractivity (Wildman–Crippen MR) is 79.4 cm³/mol. The summed E-state index contributed by atoms with van der Waals surface area (Å²) in [7, 11) is 0. The molecule has 1 saturated carbocycles. The molecule has 1 aliphatic rings. The van der Waals surface area contributed by atoms with Crippen LogP contribution < -0.4 is 10.6 Å². The lowest BCUT2D eigenvalue weighted by molar-refractivity contribution is -0.380. The van der Waals surface area contributed by atoms with Gasteiger partial charge in [0.1, 0.15) is 5.60 Å². The molecular formula is C13H19N3O4S. The highest BCUT2D eigenvalue weighted by Gasteiger charge is 2.38. The number of nitro groups is 1. The fourth-order valence-electron chi connectivity index (χ4n) is 1.84. The number of amides is 1. The van der Waals surface area contributed by atoms with Gasteiger partial charge in [-0.2, -0.15) is 0 Å². The van der Waals surface area contributed by atoms with E-state index in [1.54, 1.807) is 11.4 Å². The van der Waals surface area contributed by atoms with Crippen molar-refractivity contribution in [3.05, 3.63) is 27.1 Å². The van der Waals surface area contributed by atoms with E-state index in [0.717, 1.165) is 23.3 Å². The van der Waals surface area contributed by atoms with Crippen molar-refractivity contribution in [2.45, 2.75) is 51.4 Å². The molecule has 116 valence electrons. The average molecular weight is 313 g/mol. The zero-order valence-electron chi connectivity index (χ0n) is 12.2. The molecule has 21 heavy (non-hydrogen) atoms. The van der Waals surface area contributed by atoms with Crippen molar-refractivity contribution < 1.29 is 14.5 Å². The Balaban J connectivity index is 1.70. The first-order valence-corrected chi connectivity index (χ1v) is 7.57. The molecule has 1 aromatic rings. The minimum Gasteiger partial charge on any atom is -0.444 e. The molecule has 0 spiro atoms. The summed E-state index contributed by atoms with van der Waals surface area (Å²) in [5, 5.41) is 18.5. The van der Waals surface area contributed by atoms with Crippen molar-refractivity contribution in [2.24, 2.45) is 0 Å². The fourth-order valence-corrected chi connectivity index (χ4v) is 2.57. The van der Waals surface area contributed by atoms with E-state index in [9.17, 15) is 14.9 Å². The first-order valence-electron chi connectivity index (χ1n) is 6.69. The van der Waals surface area contributed by atoms with Gasteiger partial charge in [0.25, 0.3) is 0 Å². The molecule has 0 radical (unpaired) electrons. The maximum absolute atomic E-state index is 11.6. The Morgan fingerprint density at radius 3 is 2.81 bits per heavy atom. The highest BCUT2D eigenvalue weighted by atomic mass is 32.1. The van der Waals surface area contributed by atoms with Crippen LogP contribution in [0.3, 0.4) is 0 Å². The summed E-state index contributed by atoms with van der Waals surface area (Å²) in [6.07, 6.45) is 0.425. The second-order valence-corrected chi connectivity index (χ2v) is 6.92. The summed E-state index contributed by atoms with van der Waals surface area (Å²) in [5.74, 6) is 0. The van der Waals surface area contributed by atoms with E-state index < -0.39 is 16.6 Å². The monoisotopic (exact) mass is 313 g/mol. The minimum atomic E-state index is -0.502. The van der Waals surface area contributed by atoms with E-state index in [1.165, 1.54) is 0 Å². The molecule has 1 amide bonds. The van der Waals surface area contributed by atoms with Crippen LogP contribution in [0.4, 0.5) is 9.80 Å². The molecule has 1 aromatic heterocycles. The highest BCUT2D eigenvalue weighted by molar-refractivity contribution is 7.13. The number of thiophene rings is 1. The van der Waals surface area contributed by atoms with Crippen molar-refractivity contribution in [1.82, 2.24) is 10.6 Å². The summed E-state index contributed by atoms with van der Waals surface area (Å²) >= 11 is 1.12. The minimum absolute atomic E-state index is 0.0634. The molecule has 2 unspecified atom stereocenters. The normalized spacial score (nSPS) is 20.9. The van der Waals surface area contributed by atoms with Crippen LogP contribution in [0.5, 0.6) is 0 Å². The molecule has 7 nitrogen and oxygen atoms in total. The molecular weight excluding hydrogens is 294 g/mol. The van der Waals surface area contributed by atoms with Gasteiger partial charge in [-0.25, -0.2) is 4.79 Å². The SMILES string of the molecule is CC(C)(C)OC(=O)NC1CC1NCc1csc([N+](=O)[O-])c1. The molecule has 2 rings (SSSR count). The van der Waals surface area contributed by atoms with Crippen molar-refractivity contribution in [2.75, 3.05) is 0 Å². The van der Waals surface area contributed by atoms with Gasteiger partial charge >= 0.3 is 11.1 Å². The topological polar surface area (TPSA) is 93.5 Å². The smallest absolute Gasteiger partial charge is 0.407 e. The van der Waals surface area contributed by atoms with Gasteiger partial charge in [-0.05, 0) is 32.8 Å². The number of nitrogens with one attached hydrogen (secondary N) is 2. The predicted octanol–water partition coefficient (Wildman–Crippen LogP) is 2.41. The number of hydrogen-bond acceptors (Lipinski definition) is 6. The third kappa shape index (κ3) is 4.98. The number of ether oxygens (including phenoxy) is 1. The standard InChI is InChI=1S/C13H19N3O4S/c1-13(2,3)20-12(17)15-10-5-9(10)14-6-8-4-11(16(18)19)21-7-8/h4,7,9-10,14H,5-6H2,1-3H3,(H,15,17). The van der Waals surface area contributed by atoms with Crippen molar-refractivity contribution in [3.8, 4) is 0 Å². The van der Waals surface area contributed by atoms with E-state index in [1.807, 2.05) is 20.8 Å². The van der Waals surface area contributed by atoms with Crippen LogP contribution in [0.15, 0.2) is 11.4 Å². The zero-order chi connectivity index (χ0) is 15.6. The van der Waals surface area contributed by atoms with Crippen LogP contribution in [-0.2, 0) is 11.3 Å². The van der Waals surface area contributed by atoms with Gasteiger partial charge in [0.05, 0.1) is 4.92 Å². The van der Waals surface area contributed by atoms with Gasteiger partial charge in [-0.1, -0.05) is 11.3 Å². The van der Waals surface area contributed by atoms with Gasteiger partial charge in [-0.15, -0.1) is 0 Å². The molecule has 0 saturated heterocycles. The number of hydrogen-bond donors (Lipinski definition) is 2. The molecule has 1 heterocycles. The molecule has 8 heteroatoms. The van der Waals surface area contributed by atoms with Crippen LogP contribution in [0.25, 0.3) is 0 Å². The molecule has 0 bridgehead atoms. The third-order valence-electron chi connectivity index (χ3n) is 2.88. The average Bonchev–Trinajstić information content (AvgIpc) is 2.87. The Morgan fingerprint density at radius 2 is 2.24 bits per heavy atom. The Kier molecular flexibility index (Phi) is 4.48. The molecule has 0 aliphatic heterocycles. The lowest BCUT2D eigenvalue weighted by atomic mass is 10.2. The van der Waals surface area contributed by atoms with Crippen LogP contribution >= 0.6 is 11.3 Å². The van der Waals surface area contributed by atoms with Crippen molar-refractivity contribution in [3.63, 3.8) is 0 Å². The van der Waals surface area contributed by atoms with Gasteiger partial charge in [-0.3, -0.25) is 10.1 Å². The summed E-state index contributed by atoms with van der Waals surface area (Å²) in [5.41, 5.74) is 0.381. The lowest BCUT2D eigenvalue weighted by Gasteiger charge is -2.19. The number of carbonyl (C=O) groups is 1. The molecule has 1 fully saturated rings. The van der Waals surface area contributed by atoms with E-state index in [-0.39, 0.29) is 17.1 Å². The Morgan fingerprint density at radius 1 is 1.52 bits per heavy atom. The first-order chi connectivity index (χ1) is 9.74. The lowest BCUT2D eigenvalue weighted by Crippen LogP contribution is -2.36. The zero-order valence-corrected chi connectivity index (χ0v) is 13.0. The Labute approximate surface area is 126 Å². The summed E-state index contributed by atoms with van der Waals surface area (Å²) in [4.78, 5) is 21.8. The highest BCUT2D eigenvalue weighted by Crippen LogP contribution is 2.25. The summed E-state index contributed by atoms with van der Waals surface area (Å²) in [6, 6.07) is 1.82. The second kappa shape index (κ2) is 5.98. The van der Waals surface area contributed by atoms with E-state index in [4.69, 9.17) is 4.74 Å². The molecule has 1 aliphatic carbocycles. The number of nitrogens with zero attached hydrogens (tertiary/aromatic N) is 1. The molecule has 2 N–H and O–H groups in total. The largest absolute Gasteiger partial charge is 0.444 e. The summed E-state index contributed by atoms with van der Waals surface area (Å²) in [6.45, 7) is 6.01. The third-order valence-corrected chi connectivity index (χ3v) is 3.81. The van der Waals surface area contributed by atoms with E-state index >= 15 is 0 Å². The van der Waals surface area contributed by atoms with Crippen molar-refractivity contribution in [1.29, 1.82) is 0 Å². The Bertz CT molecular complexity index is 538. The maximum atomic E-state index is 11.6.